The lowest BCUT2D eigenvalue weighted by Crippen LogP contribution is -2.39. The van der Waals surface area contributed by atoms with E-state index in [4.69, 9.17) is 9.72 Å². The van der Waals surface area contributed by atoms with E-state index < -0.39 is 23.1 Å². The number of carboxylic acid groups (broad SMARTS) is 1. The van der Waals surface area contributed by atoms with Crippen molar-refractivity contribution in [3.05, 3.63) is 82.4 Å². The smallest absolute Gasteiger partial charge is 0.337 e. The van der Waals surface area contributed by atoms with Gasteiger partial charge in [0.15, 0.2) is 6.10 Å². The summed E-state index contributed by atoms with van der Waals surface area (Å²) in [6.07, 6.45) is 3.06. The molecular weight excluding hydrogens is 581 g/mol. The van der Waals surface area contributed by atoms with Gasteiger partial charge in [0.1, 0.15) is 5.82 Å². The maximum absolute atomic E-state index is 13.4. The van der Waals surface area contributed by atoms with E-state index in [1.165, 1.54) is 12.1 Å². The summed E-state index contributed by atoms with van der Waals surface area (Å²) in [6.45, 7) is 16.0. The molecule has 46 heavy (non-hydrogen) atoms. The van der Waals surface area contributed by atoms with Gasteiger partial charge in [-0.2, -0.15) is 0 Å². The zero-order chi connectivity index (χ0) is 33.4. The predicted molar refractivity (Wildman–Crippen MR) is 179 cm³/mol. The second-order valence-electron chi connectivity index (χ2n) is 15.0. The van der Waals surface area contributed by atoms with Crippen LogP contribution in [0.25, 0.3) is 11.1 Å². The highest BCUT2D eigenvalue weighted by molar-refractivity contribution is 5.88. The lowest BCUT2D eigenvalue weighted by molar-refractivity contribution is -0.160. The van der Waals surface area contributed by atoms with E-state index in [2.05, 4.69) is 24.1 Å². The van der Waals surface area contributed by atoms with E-state index in [0.717, 1.165) is 72.4 Å². The molecule has 246 valence electrons. The molecule has 2 heterocycles. The number of aliphatic carboxylic acids is 1. The number of nitrogens with one attached hydrogen (secondary N) is 1. The minimum Gasteiger partial charge on any atom is -0.479 e. The third kappa shape index (κ3) is 7.60. The van der Waals surface area contributed by atoms with Crippen LogP contribution in [0, 0.1) is 30.5 Å². The van der Waals surface area contributed by atoms with E-state index in [9.17, 15) is 19.1 Å². The van der Waals surface area contributed by atoms with Gasteiger partial charge in [0.05, 0.1) is 16.7 Å². The standard InChI is InChI=1S/C38H48FN3O4/c1-24-30(28-12-8-27(9-13-28)23-40-35(45)38(16-17-38)22-26-10-14-29(39)15-11-26)32(42-20-18-37(6,7)19-21-42)31(25(2)41-24)33(34(43)44)46-36(3,4)5/h8-15,33H,16-23H2,1-7H3,(H,40,45)(H,43,44)/t33-/m0/s1. The van der Waals surface area contributed by atoms with Gasteiger partial charge in [0, 0.05) is 42.1 Å². The molecule has 0 unspecified atom stereocenters. The molecule has 1 saturated heterocycles. The van der Waals surface area contributed by atoms with Crippen LogP contribution >= 0.6 is 0 Å². The molecule has 1 aliphatic heterocycles. The monoisotopic (exact) mass is 629 g/mol. The number of nitrogens with zero attached hydrogens (tertiary/aromatic N) is 2. The van der Waals surface area contributed by atoms with Gasteiger partial charge in [-0.15, -0.1) is 0 Å². The number of carbonyl (C=O) groups excluding carboxylic acids is 1. The number of hydrogen-bond donors (Lipinski definition) is 2. The Morgan fingerprint density at radius 1 is 0.957 bits per heavy atom. The molecule has 2 fully saturated rings. The molecule has 2 aliphatic rings. The van der Waals surface area contributed by atoms with Crippen molar-refractivity contribution < 1.29 is 23.8 Å². The Hall–Kier alpha value is -3.78. The number of aryl methyl sites for hydroxylation is 2. The normalized spacial score (nSPS) is 17.8. The summed E-state index contributed by atoms with van der Waals surface area (Å²) in [4.78, 5) is 33.1. The Bertz CT molecular complexity index is 1580. The van der Waals surface area contributed by atoms with Gasteiger partial charge < -0.3 is 20.1 Å². The summed E-state index contributed by atoms with van der Waals surface area (Å²) < 4.78 is 19.6. The molecule has 1 aromatic heterocycles. The Labute approximate surface area is 272 Å². The van der Waals surface area contributed by atoms with Crippen molar-refractivity contribution in [2.45, 2.75) is 98.8 Å². The van der Waals surface area contributed by atoms with Gasteiger partial charge in [-0.3, -0.25) is 9.78 Å². The number of carboxylic acids is 1. The van der Waals surface area contributed by atoms with Crippen LogP contribution in [0.15, 0.2) is 48.5 Å². The third-order valence-corrected chi connectivity index (χ3v) is 9.46. The maximum Gasteiger partial charge on any atom is 0.337 e. The number of benzene rings is 2. The average Bonchev–Trinajstić information content (AvgIpc) is 3.76. The molecule has 0 bridgehead atoms. The fourth-order valence-corrected chi connectivity index (χ4v) is 6.54. The van der Waals surface area contributed by atoms with Gasteiger partial charge in [-0.25, -0.2) is 9.18 Å². The highest BCUT2D eigenvalue weighted by atomic mass is 19.1. The largest absolute Gasteiger partial charge is 0.479 e. The van der Waals surface area contributed by atoms with E-state index in [1.807, 2.05) is 58.9 Å². The van der Waals surface area contributed by atoms with Gasteiger partial charge >= 0.3 is 5.97 Å². The van der Waals surface area contributed by atoms with E-state index in [-0.39, 0.29) is 17.1 Å². The first kappa shape index (κ1) is 33.6. The third-order valence-electron chi connectivity index (χ3n) is 9.46. The first-order valence-corrected chi connectivity index (χ1v) is 16.4. The van der Waals surface area contributed by atoms with Crippen molar-refractivity contribution in [2.75, 3.05) is 18.0 Å². The van der Waals surface area contributed by atoms with E-state index >= 15 is 0 Å². The molecule has 5 rings (SSSR count). The van der Waals surface area contributed by atoms with Crippen molar-refractivity contribution in [1.82, 2.24) is 10.3 Å². The number of carbonyl (C=O) groups is 2. The molecule has 7 nitrogen and oxygen atoms in total. The number of hydrogen-bond acceptors (Lipinski definition) is 5. The molecule has 2 aromatic carbocycles. The van der Waals surface area contributed by atoms with Crippen LogP contribution in [0.1, 0.15) is 94.5 Å². The van der Waals surface area contributed by atoms with Crippen LogP contribution in [0.5, 0.6) is 0 Å². The summed E-state index contributed by atoms with van der Waals surface area (Å²) >= 11 is 0. The number of anilines is 1. The Morgan fingerprint density at radius 3 is 2.09 bits per heavy atom. The summed E-state index contributed by atoms with van der Waals surface area (Å²) in [7, 11) is 0. The average molecular weight is 630 g/mol. The van der Waals surface area contributed by atoms with Gasteiger partial charge in [0.25, 0.3) is 0 Å². The van der Waals surface area contributed by atoms with Crippen molar-refractivity contribution in [2.24, 2.45) is 10.8 Å². The zero-order valence-electron chi connectivity index (χ0n) is 28.3. The highest BCUT2D eigenvalue weighted by Gasteiger charge is 2.49. The molecule has 1 amide bonds. The lowest BCUT2D eigenvalue weighted by Gasteiger charge is -2.41. The van der Waals surface area contributed by atoms with Gasteiger partial charge in [-0.1, -0.05) is 50.2 Å². The molecule has 3 aromatic rings. The van der Waals surface area contributed by atoms with Crippen LogP contribution in [0.4, 0.5) is 10.1 Å². The first-order valence-electron chi connectivity index (χ1n) is 16.4. The van der Waals surface area contributed by atoms with Crippen molar-refractivity contribution in [3.8, 4) is 11.1 Å². The van der Waals surface area contributed by atoms with E-state index in [1.54, 1.807) is 12.1 Å². The first-order chi connectivity index (χ1) is 21.6. The Morgan fingerprint density at radius 2 is 1.54 bits per heavy atom. The second-order valence-corrected chi connectivity index (χ2v) is 15.0. The van der Waals surface area contributed by atoms with Crippen molar-refractivity contribution >= 4 is 17.6 Å². The number of rotatable bonds is 10. The van der Waals surface area contributed by atoms with Crippen molar-refractivity contribution in [3.63, 3.8) is 0 Å². The van der Waals surface area contributed by atoms with Crippen LogP contribution in [-0.4, -0.2) is 40.7 Å². The summed E-state index contributed by atoms with van der Waals surface area (Å²) in [5.74, 6) is -1.29. The second kappa shape index (κ2) is 12.8. The van der Waals surface area contributed by atoms with Crippen LogP contribution in [0.2, 0.25) is 0 Å². The maximum atomic E-state index is 13.4. The van der Waals surface area contributed by atoms with Gasteiger partial charge in [0.2, 0.25) is 5.91 Å². The number of piperidine rings is 1. The lowest BCUT2D eigenvalue weighted by atomic mass is 9.81. The minimum atomic E-state index is -1.17. The number of ether oxygens (including phenoxy) is 1. The summed E-state index contributed by atoms with van der Waals surface area (Å²) in [5, 5.41) is 13.6. The molecule has 1 saturated carbocycles. The minimum absolute atomic E-state index is 0.0259. The summed E-state index contributed by atoms with van der Waals surface area (Å²) in [5.41, 5.74) is 5.88. The molecular formula is C38H48FN3O4. The van der Waals surface area contributed by atoms with E-state index in [0.29, 0.717) is 24.2 Å². The molecule has 2 N–H and O–H groups in total. The van der Waals surface area contributed by atoms with Crippen LogP contribution < -0.4 is 10.2 Å². The Kier molecular flexibility index (Phi) is 9.33. The molecule has 0 spiro atoms. The number of amides is 1. The number of halogens is 1. The zero-order valence-corrected chi connectivity index (χ0v) is 28.3. The summed E-state index contributed by atoms with van der Waals surface area (Å²) in [6, 6.07) is 14.5. The van der Waals surface area contributed by atoms with Crippen LogP contribution in [-0.2, 0) is 27.3 Å². The van der Waals surface area contributed by atoms with Gasteiger partial charge in [-0.05, 0) is 101 Å². The molecule has 0 radical (unpaired) electrons. The Balaban J connectivity index is 1.43. The fraction of sp³-hybridized carbons (Fsp3) is 0.500. The van der Waals surface area contributed by atoms with Crippen LogP contribution in [0.3, 0.4) is 0 Å². The molecule has 1 aliphatic carbocycles. The number of aromatic nitrogens is 1. The fourth-order valence-electron chi connectivity index (χ4n) is 6.54. The molecule has 8 heteroatoms. The van der Waals surface area contributed by atoms with Crippen molar-refractivity contribution in [1.29, 1.82) is 0 Å². The molecule has 1 atom stereocenters. The highest BCUT2D eigenvalue weighted by Crippen LogP contribution is 2.49. The SMILES string of the molecule is Cc1nc(C)c([C@H](OC(C)(C)C)C(=O)O)c(N2CCC(C)(C)CC2)c1-c1ccc(CNC(=O)C2(Cc3ccc(F)cc3)CC2)cc1. The predicted octanol–water partition coefficient (Wildman–Crippen LogP) is 7.71. The topological polar surface area (TPSA) is 91.8 Å². The quantitative estimate of drug-likeness (QED) is 0.239. The number of pyridine rings is 1.